The minimum atomic E-state index is -0.225. The number of hydrogen-bond acceptors (Lipinski definition) is 2. The molecule has 0 saturated carbocycles. The van der Waals surface area contributed by atoms with Crippen LogP contribution in [0.2, 0.25) is 0 Å². The van der Waals surface area contributed by atoms with Crippen molar-refractivity contribution in [3.8, 4) is 5.75 Å². The lowest BCUT2D eigenvalue weighted by atomic mass is 10.0. The Balaban J connectivity index is 2.07. The summed E-state index contributed by atoms with van der Waals surface area (Å²) < 4.78 is 5.42. The van der Waals surface area contributed by atoms with Crippen LogP contribution in [0.1, 0.15) is 22.9 Å². The van der Waals surface area contributed by atoms with E-state index in [1.54, 1.807) is 7.11 Å². The number of nitrogens with one attached hydrogen (secondary N) is 1. The van der Waals surface area contributed by atoms with Crippen molar-refractivity contribution in [3.63, 3.8) is 0 Å². The predicted octanol–water partition coefficient (Wildman–Crippen LogP) is 3.53. The zero-order valence-electron chi connectivity index (χ0n) is 11.7. The average molecular weight is 266 g/mol. The van der Waals surface area contributed by atoms with E-state index in [2.05, 4.69) is 36.2 Å². The number of fused-ring (bicyclic) bond motifs is 1. The van der Waals surface area contributed by atoms with Gasteiger partial charge in [-0.05, 0) is 30.5 Å². The fourth-order valence-corrected chi connectivity index (χ4v) is 2.53. The van der Waals surface area contributed by atoms with Crippen LogP contribution in [0.4, 0.5) is 0 Å². The third-order valence-corrected chi connectivity index (χ3v) is 3.61. The van der Waals surface area contributed by atoms with Crippen LogP contribution in [0.15, 0.2) is 48.5 Å². The van der Waals surface area contributed by atoms with E-state index in [0.29, 0.717) is 0 Å². The Kier molecular flexibility index (Phi) is 3.20. The van der Waals surface area contributed by atoms with Crippen LogP contribution >= 0.6 is 0 Å². The first-order valence-corrected chi connectivity index (χ1v) is 6.67. The standard InChI is InChI=1S/C17H18N2O/c1-11-7-8-16(20-2)13(9-11)17(18)15-10-12-5-3-4-6-14(12)19-15/h3-10,17,19H,18H2,1-2H3/t17-/m1/s1. The number of H-pyrrole nitrogens is 1. The molecule has 0 aliphatic heterocycles. The second-order valence-electron chi connectivity index (χ2n) is 5.04. The van der Waals surface area contributed by atoms with Gasteiger partial charge in [0, 0.05) is 16.8 Å². The van der Waals surface area contributed by atoms with Crippen molar-refractivity contribution in [1.82, 2.24) is 4.98 Å². The molecule has 0 amide bonds. The van der Waals surface area contributed by atoms with Gasteiger partial charge in [-0.2, -0.15) is 0 Å². The monoisotopic (exact) mass is 266 g/mol. The van der Waals surface area contributed by atoms with E-state index in [1.807, 2.05) is 24.3 Å². The molecule has 3 heteroatoms. The molecule has 2 aromatic carbocycles. The second-order valence-corrected chi connectivity index (χ2v) is 5.04. The molecule has 0 unspecified atom stereocenters. The van der Waals surface area contributed by atoms with Crippen molar-refractivity contribution >= 4 is 10.9 Å². The van der Waals surface area contributed by atoms with Gasteiger partial charge in [-0.1, -0.05) is 35.9 Å². The molecule has 3 nitrogen and oxygen atoms in total. The highest BCUT2D eigenvalue weighted by Gasteiger charge is 2.16. The summed E-state index contributed by atoms with van der Waals surface area (Å²) in [6.45, 7) is 2.06. The predicted molar refractivity (Wildman–Crippen MR) is 82.1 cm³/mol. The van der Waals surface area contributed by atoms with Gasteiger partial charge >= 0.3 is 0 Å². The Bertz CT molecular complexity index is 713. The Hall–Kier alpha value is -2.26. The van der Waals surface area contributed by atoms with Crippen LogP contribution in [0.5, 0.6) is 5.75 Å². The summed E-state index contributed by atoms with van der Waals surface area (Å²) >= 11 is 0. The van der Waals surface area contributed by atoms with Gasteiger partial charge in [0.15, 0.2) is 0 Å². The molecule has 3 rings (SSSR count). The lowest BCUT2D eigenvalue weighted by Crippen LogP contribution is -2.13. The molecule has 0 saturated heterocycles. The highest BCUT2D eigenvalue weighted by molar-refractivity contribution is 5.80. The number of aromatic amines is 1. The molecule has 3 aromatic rings. The molecule has 20 heavy (non-hydrogen) atoms. The number of hydrogen-bond donors (Lipinski definition) is 2. The minimum absolute atomic E-state index is 0.225. The number of aromatic nitrogens is 1. The number of ether oxygens (including phenoxy) is 1. The highest BCUT2D eigenvalue weighted by atomic mass is 16.5. The molecule has 0 aliphatic rings. The van der Waals surface area contributed by atoms with E-state index in [-0.39, 0.29) is 6.04 Å². The smallest absolute Gasteiger partial charge is 0.124 e. The van der Waals surface area contributed by atoms with Gasteiger partial charge in [0.1, 0.15) is 5.75 Å². The number of para-hydroxylation sites is 1. The van der Waals surface area contributed by atoms with Gasteiger partial charge < -0.3 is 15.5 Å². The largest absolute Gasteiger partial charge is 0.496 e. The Morgan fingerprint density at radius 1 is 1.10 bits per heavy atom. The maximum absolute atomic E-state index is 6.41. The Morgan fingerprint density at radius 3 is 2.65 bits per heavy atom. The summed E-state index contributed by atoms with van der Waals surface area (Å²) in [5, 5.41) is 1.17. The van der Waals surface area contributed by atoms with Crippen LogP contribution in [0.25, 0.3) is 10.9 Å². The van der Waals surface area contributed by atoms with Crippen molar-refractivity contribution in [2.75, 3.05) is 7.11 Å². The summed E-state index contributed by atoms with van der Waals surface area (Å²) in [5.41, 5.74) is 10.7. The number of rotatable bonds is 3. The quantitative estimate of drug-likeness (QED) is 0.762. The summed E-state index contributed by atoms with van der Waals surface area (Å²) in [6.07, 6.45) is 0. The normalized spacial score (nSPS) is 12.6. The first kappa shape index (κ1) is 12.8. The number of methoxy groups -OCH3 is 1. The molecular weight excluding hydrogens is 248 g/mol. The zero-order chi connectivity index (χ0) is 14.1. The number of benzene rings is 2. The number of nitrogens with two attached hydrogens (primary N) is 1. The second kappa shape index (κ2) is 5.02. The average Bonchev–Trinajstić information content (AvgIpc) is 2.90. The summed E-state index contributed by atoms with van der Waals surface area (Å²) in [6, 6.07) is 16.1. The third-order valence-electron chi connectivity index (χ3n) is 3.61. The lowest BCUT2D eigenvalue weighted by Gasteiger charge is -2.15. The topological polar surface area (TPSA) is 51.0 Å². The zero-order valence-corrected chi connectivity index (χ0v) is 11.7. The molecule has 1 aromatic heterocycles. The Labute approximate surface area is 118 Å². The van der Waals surface area contributed by atoms with E-state index in [4.69, 9.17) is 10.5 Å². The molecule has 0 aliphatic carbocycles. The van der Waals surface area contributed by atoms with Crippen molar-refractivity contribution in [2.45, 2.75) is 13.0 Å². The summed E-state index contributed by atoms with van der Waals surface area (Å²) in [7, 11) is 1.67. The molecule has 0 fully saturated rings. The van der Waals surface area contributed by atoms with E-state index < -0.39 is 0 Å². The molecule has 0 radical (unpaired) electrons. The van der Waals surface area contributed by atoms with Crippen LogP contribution in [0, 0.1) is 6.92 Å². The third kappa shape index (κ3) is 2.17. The SMILES string of the molecule is COc1ccc(C)cc1[C@@H](N)c1cc2ccccc2[nH]1. The van der Waals surface area contributed by atoms with E-state index in [9.17, 15) is 0 Å². The van der Waals surface area contributed by atoms with Gasteiger partial charge in [0.05, 0.1) is 13.2 Å². The summed E-state index contributed by atoms with van der Waals surface area (Å²) in [5.74, 6) is 0.821. The first-order valence-electron chi connectivity index (χ1n) is 6.67. The van der Waals surface area contributed by atoms with E-state index in [1.165, 1.54) is 10.9 Å². The van der Waals surface area contributed by atoms with Crippen LogP contribution in [0.3, 0.4) is 0 Å². The lowest BCUT2D eigenvalue weighted by molar-refractivity contribution is 0.407. The molecule has 1 atom stereocenters. The molecular formula is C17H18N2O. The fourth-order valence-electron chi connectivity index (χ4n) is 2.53. The Morgan fingerprint density at radius 2 is 1.90 bits per heavy atom. The van der Waals surface area contributed by atoms with E-state index in [0.717, 1.165) is 22.5 Å². The van der Waals surface area contributed by atoms with Crippen molar-refractivity contribution in [2.24, 2.45) is 5.73 Å². The van der Waals surface area contributed by atoms with Gasteiger partial charge in [-0.25, -0.2) is 0 Å². The first-order chi connectivity index (χ1) is 9.69. The molecule has 3 N–H and O–H groups in total. The van der Waals surface area contributed by atoms with Gasteiger partial charge in [-0.15, -0.1) is 0 Å². The fraction of sp³-hybridized carbons (Fsp3) is 0.176. The van der Waals surface area contributed by atoms with Gasteiger partial charge in [-0.3, -0.25) is 0 Å². The molecule has 102 valence electrons. The van der Waals surface area contributed by atoms with Crippen LogP contribution in [-0.2, 0) is 0 Å². The van der Waals surface area contributed by atoms with Crippen LogP contribution in [-0.4, -0.2) is 12.1 Å². The highest BCUT2D eigenvalue weighted by Crippen LogP contribution is 2.30. The number of aryl methyl sites for hydroxylation is 1. The van der Waals surface area contributed by atoms with Crippen LogP contribution < -0.4 is 10.5 Å². The van der Waals surface area contributed by atoms with Crippen molar-refractivity contribution in [3.05, 3.63) is 65.4 Å². The van der Waals surface area contributed by atoms with Crippen molar-refractivity contribution < 1.29 is 4.74 Å². The molecule has 0 spiro atoms. The molecule has 1 heterocycles. The molecule has 0 bridgehead atoms. The van der Waals surface area contributed by atoms with Gasteiger partial charge in [0.25, 0.3) is 0 Å². The maximum atomic E-state index is 6.41. The van der Waals surface area contributed by atoms with Gasteiger partial charge in [0.2, 0.25) is 0 Å². The minimum Gasteiger partial charge on any atom is -0.496 e. The van der Waals surface area contributed by atoms with Crippen molar-refractivity contribution in [1.29, 1.82) is 0 Å². The maximum Gasteiger partial charge on any atom is 0.124 e. The van der Waals surface area contributed by atoms with E-state index >= 15 is 0 Å². The summed E-state index contributed by atoms with van der Waals surface area (Å²) in [4.78, 5) is 3.38.